The number of benzene rings is 2. The lowest BCUT2D eigenvalue weighted by molar-refractivity contribution is -0.235. The van der Waals surface area contributed by atoms with Gasteiger partial charge in [0.15, 0.2) is 29.1 Å². The number of ether oxygens (including phenoxy) is 15. The van der Waals surface area contributed by atoms with Gasteiger partial charge in [0, 0.05) is 47.5 Å². The van der Waals surface area contributed by atoms with Gasteiger partial charge < -0.3 is 102 Å². The van der Waals surface area contributed by atoms with Crippen molar-refractivity contribution in [1.29, 1.82) is 0 Å². The van der Waals surface area contributed by atoms with Crippen LogP contribution in [0.25, 0.3) is 0 Å². The first-order chi connectivity index (χ1) is 47.9. The predicted octanol–water partition coefficient (Wildman–Crippen LogP) is 4.48. The van der Waals surface area contributed by atoms with Gasteiger partial charge in [-0.05, 0) is 92.5 Å². The van der Waals surface area contributed by atoms with Gasteiger partial charge in [0.05, 0.1) is 189 Å². The van der Waals surface area contributed by atoms with Gasteiger partial charge in [-0.2, -0.15) is 11.8 Å². The standard InChI is InChI=1S/C69H99F2N3O24S/c1-66-15-12-50(76)42-55(66)56(70)43-54-53-44-60-69(59(78)47-75,67(53,2)46-58(77)68(54,66)71)98-65(97-60)48-4-8-51(9-5-48)96-52-10-6-49(7-11-52)74-62(80)14-18-84-20-22-86-24-26-88-28-30-90-32-34-92-36-38-94-40-41-95-39-37-93-35-33-91-31-29-89-27-25-87-23-21-85-19-17-72-61(79)13-16-73-64(83)57(99-3)45-63(81)82/h4-12,15,42,53-54,56-58,60,65,75,77H,13-14,16-41,43-47H2,1-3H3,(H,72,79)(H,73,83)(H,74,80)(H,81,82)/t53-,54-,56-,57?,58-,60+,65+,66-,67-,68-,69+/m0/s1. The number of fused-ring (bicyclic) bond motifs is 7. The molecule has 1 heterocycles. The zero-order chi connectivity index (χ0) is 70.9. The minimum Gasteiger partial charge on any atom is -0.481 e. The summed E-state index contributed by atoms with van der Waals surface area (Å²) in [6, 6.07) is 13.7. The summed E-state index contributed by atoms with van der Waals surface area (Å²) in [4.78, 5) is 73.5. The average Bonchev–Trinajstić information content (AvgIpc) is 1.56. The molecule has 7 rings (SSSR count). The topological polar surface area (TPSA) is 338 Å². The number of amides is 3. The summed E-state index contributed by atoms with van der Waals surface area (Å²) < 4.78 is 119. The van der Waals surface area contributed by atoms with Crippen molar-refractivity contribution in [3.63, 3.8) is 0 Å². The first-order valence-electron chi connectivity index (χ1n) is 33.7. The van der Waals surface area contributed by atoms with Crippen molar-refractivity contribution in [3.8, 4) is 11.5 Å². The highest BCUT2D eigenvalue weighted by molar-refractivity contribution is 7.99. The first-order valence-corrected chi connectivity index (χ1v) is 35.0. The molecule has 0 radical (unpaired) electrons. The second kappa shape index (κ2) is 42.2. The molecule has 27 nitrogen and oxygen atoms in total. The summed E-state index contributed by atoms with van der Waals surface area (Å²) >= 11 is 1.15. The van der Waals surface area contributed by atoms with E-state index in [-0.39, 0.29) is 69.1 Å². The van der Waals surface area contributed by atoms with Gasteiger partial charge in [-0.15, -0.1) is 0 Å². The van der Waals surface area contributed by atoms with E-state index < -0.39 is 93.9 Å². The molecule has 554 valence electrons. The second-order valence-corrected chi connectivity index (χ2v) is 25.6. The number of hydrogen-bond acceptors (Lipinski definition) is 24. The Kier molecular flexibility index (Phi) is 34.4. The number of alkyl halides is 2. The molecular weight excluding hydrogens is 1320 g/mol. The molecule has 0 bridgehead atoms. The Morgan fingerprint density at radius 3 is 1.58 bits per heavy atom. The Hall–Kier alpha value is -5.49. The number of carbonyl (C=O) groups is 6. The number of aliphatic hydroxyl groups excluding tert-OH is 2. The Balaban J connectivity index is 0.591. The summed E-state index contributed by atoms with van der Waals surface area (Å²) in [5.41, 5.74) is -5.84. The van der Waals surface area contributed by atoms with E-state index in [1.54, 1.807) is 61.7 Å². The summed E-state index contributed by atoms with van der Waals surface area (Å²) in [6.45, 7) is 12.3. The summed E-state index contributed by atoms with van der Waals surface area (Å²) in [7, 11) is 0. The number of thioether (sulfide) groups is 1. The fraction of sp³-hybridized carbons (Fsp3) is 0.681. The number of nitrogens with one attached hydrogen (secondary N) is 3. The van der Waals surface area contributed by atoms with E-state index in [1.807, 2.05) is 0 Å². The van der Waals surface area contributed by atoms with Crippen LogP contribution in [0.4, 0.5) is 14.5 Å². The van der Waals surface area contributed by atoms with E-state index in [0.717, 1.165) is 17.8 Å². The lowest BCUT2D eigenvalue weighted by Gasteiger charge is -2.63. The highest BCUT2D eigenvalue weighted by atomic mass is 32.2. The van der Waals surface area contributed by atoms with E-state index in [4.69, 9.17) is 76.2 Å². The number of anilines is 1. The van der Waals surface area contributed by atoms with Crippen molar-refractivity contribution in [2.45, 2.75) is 93.6 Å². The molecule has 5 aliphatic rings. The third-order valence-corrected chi connectivity index (χ3v) is 19.1. The van der Waals surface area contributed by atoms with Crippen LogP contribution in [0.3, 0.4) is 0 Å². The number of Topliss-reactive ketones (excluding diaryl/α,β-unsaturated/α-hetero) is 1. The Bertz CT molecular complexity index is 2880. The molecule has 3 saturated carbocycles. The van der Waals surface area contributed by atoms with Crippen LogP contribution in [0.2, 0.25) is 0 Å². The van der Waals surface area contributed by atoms with Gasteiger partial charge >= 0.3 is 5.97 Å². The lowest BCUT2D eigenvalue weighted by atomic mass is 9.44. The fourth-order valence-electron chi connectivity index (χ4n) is 13.3. The maximum absolute atomic E-state index is 17.8. The molecule has 0 aromatic heterocycles. The predicted molar refractivity (Wildman–Crippen MR) is 354 cm³/mol. The van der Waals surface area contributed by atoms with Crippen LogP contribution in [-0.2, 0) is 95.1 Å². The molecule has 3 amide bonds. The molecular formula is C69H99F2N3O24S. The number of halogens is 2. The molecule has 1 aliphatic heterocycles. The number of carbonyl (C=O) groups excluding carboxylic acids is 5. The van der Waals surface area contributed by atoms with Crippen LogP contribution in [0.15, 0.2) is 72.3 Å². The summed E-state index contributed by atoms with van der Waals surface area (Å²) in [5.74, 6) is -3.80. The monoisotopic (exact) mass is 1420 g/mol. The van der Waals surface area contributed by atoms with Gasteiger partial charge in [-0.25, -0.2) is 8.78 Å². The molecule has 1 saturated heterocycles. The molecule has 4 fully saturated rings. The minimum absolute atomic E-state index is 0.00258. The highest BCUT2D eigenvalue weighted by Gasteiger charge is 2.80. The zero-order valence-corrected chi connectivity index (χ0v) is 57.6. The van der Waals surface area contributed by atoms with Crippen molar-refractivity contribution < 1.29 is 124 Å². The van der Waals surface area contributed by atoms with Crippen LogP contribution in [-0.4, -0.2) is 270 Å². The second-order valence-electron chi connectivity index (χ2n) is 24.5. The van der Waals surface area contributed by atoms with E-state index in [0.29, 0.717) is 181 Å². The maximum atomic E-state index is 17.8. The molecule has 99 heavy (non-hydrogen) atoms. The zero-order valence-electron chi connectivity index (χ0n) is 56.8. The van der Waals surface area contributed by atoms with Crippen molar-refractivity contribution >= 4 is 52.7 Å². The van der Waals surface area contributed by atoms with Gasteiger partial charge in [0.1, 0.15) is 24.3 Å². The lowest BCUT2D eigenvalue weighted by Crippen LogP contribution is -2.70. The number of aliphatic carboxylic acids is 1. The van der Waals surface area contributed by atoms with Gasteiger partial charge in [0.2, 0.25) is 17.7 Å². The van der Waals surface area contributed by atoms with Crippen LogP contribution in [0.1, 0.15) is 64.2 Å². The third kappa shape index (κ3) is 23.3. The molecule has 1 unspecified atom stereocenters. The van der Waals surface area contributed by atoms with Crippen LogP contribution in [0.5, 0.6) is 11.5 Å². The average molecular weight is 1420 g/mol. The van der Waals surface area contributed by atoms with Gasteiger partial charge in [-0.3, -0.25) is 28.8 Å². The molecule has 11 atom stereocenters. The van der Waals surface area contributed by atoms with Gasteiger partial charge in [0.25, 0.3) is 0 Å². The molecule has 2 aromatic rings. The van der Waals surface area contributed by atoms with E-state index in [2.05, 4.69) is 16.0 Å². The Labute approximate surface area is 580 Å². The normalized spacial score (nSPS) is 25.4. The van der Waals surface area contributed by atoms with E-state index in [1.165, 1.54) is 19.1 Å². The molecule has 0 spiro atoms. The van der Waals surface area contributed by atoms with E-state index in [9.17, 15) is 39.0 Å². The highest BCUT2D eigenvalue weighted by Crippen LogP contribution is 2.72. The summed E-state index contributed by atoms with van der Waals surface area (Å²) in [6.07, 6.45) is -0.395. The third-order valence-electron chi connectivity index (χ3n) is 18.2. The number of allylic oxidation sites excluding steroid dienone is 4. The van der Waals surface area contributed by atoms with Gasteiger partial charge in [-0.1, -0.05) is 25.1 Å². The maximum Gasteiger partial charge on any atom is 0.305 e. The van der Waals surface area contributed by atoms with Crippen molar-refractivity contribution in [1.82, 2.24) is 10.6 Å². The van der Waals surface area contributed by atoms with Crippen molar-refractivity contribution in [3.05, 3.63) is 77.9 Å². The SMILES string of the molecule is CSC(CC(=O)O)C(=O)NCCC(=O)NCCOCCOCCOCCOCCOCCOCCOCCOCCOCCOCCOCCOCCC(=O)Nc1ccc(Oc2ccc([C@@H]3O[C@@H]4C[C@H]5[C@@H]6C[C@H](F)C7=CC(=O)C=C[C@]7(C)[C@@]6(F)[C@@H](O)C[C@]5(C)[C@]4(C(=O)CO)O3)cc2)cc1. The summed E-state index contributed by atoms with van der Waals surface area (Å²) in [5, 5.41) is 38.4. The van der Waals surface area contributed by atoms with Crippen molar-refractivity contribution in [2.75, 3.05) is 190 Å². The van der Waals surface area contributed by atoms with Crippen LogP contribution >= 0.6 is 11.8 Å². The molecule has 6 N–H and O–H groups in total. The minimum atomic E-state index is -2.35. The molecule has 4 aliphatic carbocycles. The molecule has 30 heteroatoms. The number of aliphatic hydroxyl groups is 2. The number of carboxylic acid groups (broad SMARTS) is 1. The van der Waals surface area contributed by atoms with Crippen molar-refractivity contribution in [2.24, 2.45) is 22.7 Å². The first kappa shape index (κ1) is 80.8. The van der Waals surface area contributed by atoms with E-state index >= 15 is 8.78 Å². The quantitative estimate of drug-likeness (QED) is 0.0497. The number of ketones is 2. The Morgan fingerprint density at radius 1 is 0.626 bits per heavy atom. The number of rotatable bonds is 52. The number of carboxylic acids is 1. The molecule has 2 aromatic carbocycles. The smallest absolute Gasteiger partial charge is 0.305 e. The van der Waals surface area contributed by atoms with Crippen LogP contribution in [0, 0.1) is 22.7 Å². The van der Waals surface area contributed by atoms with Crippen LogP contribution < -0.4 is 20.7 Å². The number of hydrogen-bond donors (Lipinski definition) is 6. The Morgan fingerprint density at radius 2 is 1.10 bits per heavy atom. The largest absolute Gasteiger partial charge is 0.481 e. The fourth-order valence-corrected chi connectivity index (χ4v) is 13.9.